The minimum Gasteiger partial charge on any atom is -0.395 e. The summed E-state index contributed by atoms with van der Waals surface area (Å²) < 4.78 is 22.1. The van der Waals surface area contributed by atoms with Crippen LogP contribution in [0.25, 0.3) is 22.2 Å². The number of morpholine rings is 1. The van der Waals surface area contributed by atoms with Crippen molar-refractivity contribution in [2.45, 2.75) is 37.5 Å². The maximum absolute atomic E-state index is 14.7. The van der Waals surface area contributed by atoms with Crippen LogP contribution in [0.15, 0.2) is 42.9 Å². The lowest BCUT2D eigenvalue weighted by molar-refractivity contribution is 0.0986. The first-order valence-corrected chi connectivity index (χ1v) is 13.5. The Hall–Kier alpha value is -3.74. The number of fused-ring (bicyclic) bond motifs is 3. The molecule has 2 N–H and O–H groups in total. The van der Waals surface area contributed by atoms with Crippen molar-refractivity contribution in [1.82, 2.24) is 34.6 Å². The molecule has 2 atom stereocenters. The molecule has 1 unspecified atom stereocenters. The molecule has 202 valence electrons. The number of hydrogen-bond donors (Lipinski definition) is 2. The average Bonchev–Trinajstić information content (AvgIpc) is 3.70. The molecule has 3 saturated heterocycles. The van der Waals surface area contributed by atoms with Crippen LogP contribution in [0.5, 0.6) is 0 Å². The van der Waals surface area contributed by atoms with Crippen LogP contribution >= 0.6 is 0 Å². The van der Waals surface area contributed by atoms with Crippen LogP contribution in [0.2, 0.25) is 0 Å². The number of piperidine rings is 1. The van der Waals surface area contributed by atoms with E-state index in [0.717, 1.165) is 67.9 Å². The lowest BCUT2D eigenvalue weighted by atomic mass is 10.1. The summed E-state index contributed by atoms with van der Waals surface area (Å²) in [5.74, 6) is 0.456. The number of aliphatic hydroxyl groups excluding tert-OH is 1. The number of rotatable bonds is 7. The fourth-order valence-corrected chi connectivity index (χ4v) is 5.86. The number of nitrogens with one attached hydrogen (secondary N) is 1. The highest BCUT2D eigenvalue weighted by molar-refractivity contribution is 5.84. The second-order valence-corrected chi connectivity index (χ2v) is 10.4. The van der Waals surface area contributed by atoms with Gasteiger partial charge in [-0.15, -0.1) is 5.10 Å². The lowest BCUT2D eigenvalue weighted by Crippen LogP contribution is -2.38. The first-order valence-electron chi connectivity index (χ1n) is 13.5. The molecule has 3 aliphatic heterocycles. The summed E-state index contributed by atoms with van der Waals surface area (Å²) in [6.07, 6.45) is 8.22. The Morgan fingerprint density at radius 2 is 2.00 bits per heavy atom. The van der Waals surface area contributed by atoms with Gasteiger partial charge in [-0.1, -0.05) is 6.07 Å². The monoisotopic (exact) mass is 531 g/mol. The zero-order valence-electron chi connectivity index (χ0n) is 21.4. The van der Waals surface area contributed by atoms with Gasteiger partial charge in [-0.3, -0.25) is 4.68 Å². The molecular weight excluding hydrogens is 501 g/mol. The number of halogens is 1. The Morgan fingerprint density at radius 3 is 2.79 bits per heavy atom. The van der Waals surface area contributed by atoms with E-state index in [-0.39, 0.29) is 24.4 Å². The van der Waals surface area contributed by atoms with Gasteiger partial charge in [0.25, 0.3) is 5.95 Å². The van der Waals surface area contributed by atoms with E-state index in [4.69, 9.17) is 14.8 Å². The van der Waals surface area contributed by atoms with E-state index in [0.29, 0.717) is 24.2 Å². The first kappa shape index (κ1) is 24.3. The number of nitrogens with zero attached hydrogens (tertiary/aromatic N) is 8. The molecule has 2 bridgehead atoms. The molecular formula is C27H30FN9O2. The Morgan fingerprint density at radius 1 is 1.10 bits per heavy atom. The third kappa shape index (κ3) is 4.79. The van der Waals surface area contributed by atoms with Crippen LogP contribution in [-0.2, 0) is 4.74 Å². The Kier molecular flexibility index (Phi) is 6.30. The van der Waals surface area contributed by atoms with Gasteiger partial charge < -0.3 is 25.0 Å². The second kappa shape index (κ2) is 10.1. The van der Waals surface area contributed by atoms with Gasteiger partial charge in [0, 0.05) is 49.5 Å². The Bertz CT molecular complexity index is 1490. The van der Waals surface area contributed by atoms with Crippen molar-refractivity contribution < 1.29 is 14.2 Å². The smallest absolute Gasteiger partial charge is 0.256 e. The van der Waals surface area contributed by atoms with E-state index in [9.17, 15) is 4.39 Å². The summed E-state index contributed by atoms with van der Waals surface area (Å²) in [4.78, 5) is 22.8. The third-order valence-corrected chi connectivity index (χ3v) is 7.96. The molecule has 12 heteroatoms. The van der Waals surface area contributed by atoms with Gasteiger partial charge in [0.2, 0.25) is 11.9 Å². The maximum atomic E-state index is 14.7. The summed E-state index contributed by atoms with van der Waals surface area (Å²) in [6.45, 7) is 4.11. The normalized spacial score (nSPS) is 21.7. The highest BCUT2D eigenvalue weighted by Crippen LogP contribution is 2.32. The second-order valence-electron chi connectivity index (χ2n) is 10.4. The largest absolute Gasteiger partial charge is 0.395 e. The number of aromatic nitrogens is 6. The van der Waals surface area contributed by atoms with Crippen molar-refractivity contribution >= 4 is 28.5 Å². The highest BCUT2D eigenvalue weighted by Gasteiger charge is 2.40. The standard InChI is InChI=1S/C27H30FN9O2/c28-25-24(15-37(34-25)19-4-7-35(8-5-19)9-10-38)32-26-29-6-3-23(31-26)17-1-2-22-18(11-17)13-30-27(33-22)36-14-21-12-20(36)16-39-21/h1-3,6,11,13,15,19-21,38H,4-5,7-10,12,14,16H2,(H,29,31,32)/t20-,21?/m0/s1. The third-order valence-electron chi connectivity index (χ3n) is 7.96. The van der Waals surface area contributed by atoms with E-state index in [1.165, 1.54) is 0 Å². The Balaban J connectivity index is 1.07. The van der Waals surface area contributed by atoms with Crippen LogP contribution in [0.1, 0.15) is 25.3 Å². The molecule has 3 aromatic heterocycles. The quantitative estimate of drug-likeness (QED) is 0.369. The van der Waals surface area contributed by atoms with Gasteiger partial charge in [-0.25, -0.2) is 19.9 Å². The van der Waals surface area contributed by atoms with Crippen molar-refractivity contribution in [2.24, 2.45) is 0 Å². The van der Waals surface area contributed by atoms with Crippen molar-refractivity contribution in [3.8, 4) is 11.3 Å². The number of anilines is 3. The van der Waals surface area contributed by atoms with Gasteiger partial charge in [-0.05, 0) is 37.5 Å². The fourth-order valence-electron chi connectivity index (χ4n) is 5.86. The summed E-state index contributed by atoms with van der Waals surface area (Å²) in [6, 6.07) is 8.26. The zero-order chi connectivity index (χ0) is 26.3. The summed E-state index contributed by atoms with van der Waals surface area (Å²) in [7, 11) is 0. The van der Waals surface area contributed by atoms with Crippen LogP contribution in [-0.4, -0.2) is 91.3 Å². The number of benzene rings is 1. The predicted octanol–water partition coefficient (Wildman–Crippen LogP) is 2.77. The predicted molar refractivity (Wildman–Crippen MR) is 143 cm³/mol. The van der Waals surface area contributed by atoms with Crippen molar-refractivity contribution in [1.29, 1.82) is 0 Å². The van der Waals surface area contributed by atoms with Gasteiger partial charge in [0.15, 0.2) is 0 Å². The van der Waals surface area contributed by atoms with Gasteiger partial charge in [0.1, 0.15) is 5.69 Å². The van der Waals surface area contributed by atoms with E-state index >= 15 is 0 Å². The molecule has 11 nitrogen and oxygen atoms in total. The molecule has 6 heterocycles. The summed E-state index contributed by atoms with van der Waals surface area (Å²) >= 11 is 0. The van der Waals surface area contributed by atoms with Gasteiger partial charge >= 0.3 is 0 Å². The van der Waals surface area contributed by atoms with E-state index < -0.39 is 5.95 Å². The molecule has 1 aromatic carbocycles. The van der Waals surface area contributed by atoms with Crippen LogP contribution in [0.3, 0.4) is 0 Å². The molecule has 0 radical (unpaired) electrons. The molecule has 39 heavy (non-hydrogen) atoms. The van der Waals surface area contributed by atoms with Crippen molar-refractivity contribution in [3.63, 3.8) is 0 Å². The molecule has 4 aromatic rings. The average molecular weight is 532 g/mol. The molecule has 0 aliphatic carbocycles. The maximum Gasteiger partial charge on any atom is 0.256 e. The number of hydrogen-bond acceptors (Lipinski definition) is 10. The van der Waals surface area contributed by atoms with E-state index in [2.05, 4.69) is 35.2 Å². The van der Waals surface area contributed by atoms with Crippen LogP contribution in [0, 0.1) is 5.95 Å². The van der Waals surface area contributed by atoms with Crippen molar-refractivity contribution in [3.05, 3.63) is 48.8 Å². The molecule has 3 fully saturated rings. The van der Waals surface area contributed by atoms with Crippen LogP contribution < -0.4 is 10.2 Å². The molecule has 0 saturated carbocycles. The summed E-state index contributed by atoms with van der Waals surface area (Å²) in [5, 5.41) is 17.2. The van der Waals surface area contributed by atoms with Crippen LogP contribution in [0.4, 0.5) is 22.0 Å². The summed E-state index contributed by atoms with van der Waals surface area (Å²) in [5.41, 5.74) is 2.71. The minimum absolute atomic E-state index is 0.117. The zero-order valence-corrected chi connectivity index (χ0v) is 21.4. The number of ether oxygens (including phenoxy) is 1. The number of β-amino-alcohol motifs (C(OH)–C–C–N with tert-alkyl or cyclic N) is 1. The highest BCUT2D eigenvalue weighted by atomic mass is 19.1. The van der Waals surface area contributed by atoms with E-state index in [1.807, 2.05) is 30.5 Å². The molecule has 7 rings (SSSR count). The SMILES string of the molecule is OCCN1CCC(n2cc(Nc3nccc(-c4ccc5nc(N6CC7C[C@H]6CO7)ncc5c4)n3)c(F)n2)CC1. The molecule has 0 amide bonds. The van der Waals surface area contributed by atoms with E-state index in [1.54, 1.807) is 17.1 Å². The number of likely N-dealkylation sites (tertiary alicyclic amines) is 1. The number of aliphatic hydroxyl groups is 1. The van der Waals surface area contributed by atoms with Crippen molar-refractivity contribution in [2.75, 3.05) is 49.6 Å². The molecule has 3 aliphatic rings. The fraction of sp³-hybridized carbons (Fsp3) is 0.444. The topological polar surface area (TPSA) is 117 Å². The Labute approximate surface area is 224 Å². The van der Waals surface area contributed by atoms with Gasteiger partial charge in [0.05, 0.1) is 48.8 Å². The lowest BCUT2D eigenvalue weighted by Gasteiger charge is -2.31. The first-order chi connectivity index (χ1) is 19.1. The molecule has 0 spiro atoms. The minimum atomic E-state index is -0.585. The van der Waals surface area contributed by atoms with Gasteiger partial charge in [-0.2, -0.15) is 4.39 Å².